The Morgan fingerprint density at radius 1 is 0.926 bits per heavy atom. The fourth-order valence-corrected chi connectivity index (χ4v) is 3.85. The van der Waals surface area contributed by atoms with Gasteiger partial charge in [0.05, 0.1) is 18.6 Å². The summed E-state index contributed by atoms with van der Waals surface area (Å²) in [6.45, 7) is 6.85. The highest BCUT2D eigenvalue weighted by molar-refractivity contribution is 5.49. The maximum absolute atomic E-state index is 5.60. The van der Waals surface area contributed by atoms with Gasteiger partial charge < -0.3 is 13.7 Å². The van der Waals surface area contributed by atoms with Gasteiger partial charge in [0, 0.05) is 51.8 Å². The lowest BCUT2D eigenvalue weighted by atomic mass is 10.1. The van der Waals surface area contributed by atoms with Gasteiger partial charge in [-0.2, -0.15) is 0 Å². The van der Waals surface area contributed by atoms with Gasteiger partial charge in [-0.05, 0) is 29.3 Å². The molecule has 0 radical (unpaired) electrons. The molecule has 1 saturated heterocycles. The van der Waals surface area contributed by atoms with E-state index in [1.807, 2.05) is 18.2 Å². The molecular weight excluding hydrogens is 342 g/mol. The SMILES string of the molecule is c1coc(-c2cc(CN3CCN(Cc4ccc5c(c4)CCO5)CC3)no2)c1. The lowest BCUT2D eigenvalue weighted by Gasteiger charge is -2.34. The molecule has 0 amide bonds. The zero-order valence-corrected chi connectivity index (χ0v) is 15.3. The summed E-state index contributed by atoms with van der Waals surface area (Å²) in [5, 5.41) is 4.18. The van der Waals surface area contributed by atoms with Crippen LogP contribution in [0.25, 0.3) is 11.5 Å². The smallest absolute Gasteiger partial charge is 0.202 e. The fourth-order valence-electron chi connectivity index (χ4n) is 3.85. The summed E-state index contributed by atoms with van der Waals surface area (Å²) in [6, 6.07) is 12.3. The van der Waals surface area contributed by atoms with Gasteiger partial charge in [0.15, 0.2) is 5.76 Å². The molecule has 27 heavy (non-hydrogen) atoms. The van der Waals surface area contributed by atoms with E-state index >= 15 is 0 Å². The molecular formula is C21H23N3O3. The van der Waals surface area contributed by atoms with Crippen LogP contribution in [-0.2, 0) is 19.5 Å². The Balaban J connectivity index is 1.14. The van der Waals surface area contributed by atoms with Crippen molar-refractivity contribution in [2.45, 2.75) is 19.5 Å². The van der Waals surface area contributed by atoms with Crippen LogP contribution in [0, 0.1) is 0 Å². The van der Waals surface area contributed by atoms with Crippen molar-refractivity contribution in [1.82, 2.24) is 15.0 Å². The van der Waals surface area contributed by atoms with Gasteiger partial charge in [-0.3, -0.25) is 9.80 Å². The zero-order chi connectivity index (χ0) is 18.1. The molecule has 1 aromatic carbocycles. The van der Waals surface area contributed by atoms with Crippen LogP contribution in [0.1, 0.15) is 16.8 Å². The Hall–Kier alpha value is -2.57. The van der Waals surface area contributed by atoms with Crippen molar-refractivity contribution >= 4 is 0 Å². The molecule has 0 N–H and O–H groups in total. The molecule has 2 aromatic heterocycles. The van der Waals surface area contributed by atoms with Crippen molar-refractivity contribution in [3.8, 4) is 17.3 Å². The second kappa shape index (κ2) is 7.21. The van der Waals surface area contributed by atoms with E-state index in [2.05, 4.69) is 33.2 Å². The largest absolute Gasteiger partial charge is 0.493 e. The minimum Gasteiger partial charge on any atom is -0.493 e. The third-order valence-corrected chi connectivity index (χ3v) is 5.33. The highest BCUT2D eigenvalue weighted by Crippen LogP contribution is 2.26. The summed E-state index contributed by atoms with van der Waals surface area (Å²) in [4.78, 5) is 4.95. The molecule has 0 atom stereocenters. The van der Waals surface area contributed by atoms with Crippen LogP contribution in [0.3, 0.4) is 0 Å². The second-order valence-electron chi connectivity index (χ2n) is 7.25. The Morgan fingerprint density at radius 2 is 1.78 bits per heavy atom. The number of benzene rings is 1. The van der Waals surface area contributed by atoms with E-state index in [1.54, 1.807) is 6.26 Å². The van der Waals surface area contributed by atoms with Crippen molar-refractivity contribution < 1.29 is 13.7 Å². The Labute approximate surface area is 158 Å². The van der Waals surface area contributed by atoms with Gasteiger partial charge in [-0.15, -0.1) is 0 Å². The van der Waals surface area contributed by atoms with E-state index in [9.17, 15) is 0 Å². The Kier molecular flexibility index (Phi) is 4.43. The quantitative estimate of drug-likeness (QED) is 0.692. The Morgan fingerprint density at radius 3 is 2.59 bits per heavy atom. The van der Waals surface area contributed by atoms with E-state index in [-0.39, 0.29) is 0 Å². The number of nitrogens with zero attached hydrogens (tertiary/aromatic N) is 3. The zero-order valence-electron chi connectivity index (χ0n) is 15.3. The predicted molar refractivity (Wildman–Crippen MR) is 100 cm³/mol. The third kappa shape index (κ3) is 3.63. The van der Waals surface area contributed by atoms with Crippen LogP contribution in [0.5, 0.6) is 5.75 Å². The van der Waals surface area contributed by atoms with Crippen molar-refractivity contribution in [2.24, 2.45) is 0 Å². The molecule has 6 heteroatoms. The minimum atomic E-state index is 0.689. The van der Waals surface area contributed by atoms with Gasteiger partial charge >= 0.3 is 0 Å². The first-order valence-electron chi connectivity index (χ1n) is 9.52. The van der Waals surface area contributed by atoms with Crippen molar-refractivity contribution in [2.75, 3.05) is 32.8 Å². The molecule has 0 bridgehead atoms. The van der Waals surface area contributed by atoms with Crippen LogP contribution in [-0.4, -0.2) is 47.7 Å². The molecule has 0 spiro atoms. The number of aromatic nitrogens is 1. The lowest BCUT2D eigenvalue weighted by molar-refractivity contribution is 0.120. The summed E-state index contributed by atoms with van der Waals surface area (Å²) >= 11 is 0. The van der Waals surface area contributed by atoms with Crippen molar-refractivity contribution in [3.63, 3.8) is 0 Å². The van der Waals surface area contributed by atoms with Gasteiger partial charge in [-0.25, -0.2) is 0 Å². The highest BCUT2D eigenvalue weighted by atomic mass is 16.5. The van der Waals surface area contributed by atoms with Gasteiger partial charge in [0.2, 0.25) is 5.76 Å². The molecule has 1 fully saturated rings. The second-order valence-corrected chi connectivity index (χ2v) is 7.25. The number of piperazine rings is 1. The molecule has 0 aliphatic carbocycles. The number of rotatable bonds is 5. The van der Waals surface area contributed by atoms with E-state index < -0.39 is 0 Å². The highest BCUT2D eigenvalue weighted by Gasteiger charge is 2.20. The molecule has 2 aliphatic rings. The van der Waals surface area contributed by atoms with Crippen LogP contribution in [0.4, 0.5) is 0 Å². The summed E-state index contributed by atoms with van der Waals surface area (Å²) in [5.41, 5.74) is 3.69. The molecule has 140 valence electrons. The number of hydrogen-bond donors (Lipinski definition) is 0. The third-order valence-electron chi connectivity index (χ3n) is 5.33. The fraction of sp³-hybridized carbons (Fsp3) is 0.381. The van der Waals surface area contributed by atoms with Gasteiger partial charge in [-0.1, -0.05) is 17.3 Å². The Bertz CT molecular complexity index is 895. The molecule has 3 aromatic rings. The van der Waals surface area contributed by atoms with E-state index in [0.29, 0.717) is 5.76 Å². The number of furan rings is 1. The molecule has 5 rings (SSSR count). The molecule has 6 nitrogen and oxygen atoms in total. The van der Waals surface area contributed by atoms with E-state index in [0.717, 1.165) is 69.5 Å². The summed E-state index contributed by atoms with van der Waals surface area (Å²) in [6.07, 6.45) is 2.68. The average Bonchev–Trinajstić information content (AvgIpc) is 3.44. The van der Waals surface area contributed by atoms with Gasteiger partial charge in [0.1, 0.15) is 5.75 Å². The van der Waals surface area contributed by atoms with Crippen molar-refractivity contribution in [3.05, 3.63) is 59.5 Å². The molecule has 0 unspecified atom stereocenters. The minimum absolute atomic E-state index is 0.689. The maximum atomic E-state index is 5.60. The van der Waals surface area contributed by atoms with Crippen LogP contribution < -0.4 is 4.74 Å². The van der Waals surface area contributed by atoms with Crippen LogP contribution >= 0.6 is 0 Å². The number of ether oxygens (including phenoxy) is 1. The normalized spacial score (nSPS) is 17.8. The molecule has 4 heterocycles. The number of hydrogen-bond acceptors (Lipinski definition) is 6. The summed E-state index contributed by atoms with van der Waals surface area (Å²) in [7, 11) is 0. The van der Waals surface area contributed by atoms with E-state index in [1.165, 1.54) is 11.1 Å². The van der Waals surface area contributed by atoms with Crippen LogP contribution in [0.2, 0.25) is 0 Å². The van der Waals surface area contributed by atoms with Crippen molar-refractivity contribution in [1.29, 1.82) is 0 Å². The molecule has 0 saturated carbocycles. The van der Waals surface area contributed by atoms with Gasteiger partial charge in [0.25, 0.3) is 0 Å². The first kappa shape index (κ1) is 16.6. The summed E-state index contributed by atoms with van der Waals surface area (Å²) in [5.74, 6) is 2.47. The lowest BCUT2D eigenvalue weighted by Crippen LogP contribution is -2.45. The first-order valence-corrected chi connectivity index (χ1v) is 9.52. The summed E-state index contributed by atoms with van der Waals surface area (Å²) < 4.78 is 16.4. The van der Waals surface area contributed by atoms with Crippen LogP contribution in [0.15, 0.2) is 51.6 Å². The average molecular weight is 365 g/mol. The topological polar surface area (TPSA) is 54.9 Å². The first-order chi connectivity index (χ1) is 13.3. The predicted octanol–water partition coefficient (Wildman–Crippen LogP) is 3.19. The number of fused-ring (bicyclic) bond motifs is 1. The maximum Gasteiger partial charge on any atom is 0.202 e. The standard InChI is InChI=1S/C21H23N3O3/c1-2-20(25-10-1)21-13-18(22-27-21)15-24-8-6-23(7-9-24)14-16-3-4-19-17(12-16)5-11-26-19/h1-4,10,12-13H,5-9,11,14-15H2. The molecule has 2 aliphatic heterocycles. The van der Waals surface area contributed by atoms with E-state index in [4.69, 9.17) is 13.7 Å². The monoisotopic (exact) mass is 365 g/mol.